The van der Waals surface area contributed by atoms with Gasteiger partial charge in [-0.3, -0.25) is 4.57 Å². The molecule has 1 aromatic heterocycles. The second-order valence-electron chi connectivity index (χ2n) is 3.83. The van der Waals surface area contributed by atoms with E-state index in [4.69, 9.17) is 16.3 Å². The van der Waals surface area contributed by atoms with E-state index in [1.165, 1.54) is 0 Å². The van der Waals surface area contributed by atoms with Gasteiger partial charge in [-0.2, -0.15) is 0 Å². The van der Waals surface area contributed by atoms with E-state index >= 15 is 0 Å². The monoisotopic (exact) mass is 251 g/mol. The summed E-state index contributed by atoms with van der Waals surface area (Å²) < 4.78 is 7.01. The highest BCUT2D eigenvalue weighted by Crippen LogP contribution is 2.24. The summed E-state index contributed by atoms with van der Waals surface area (Å²) in [5, 5.41) is 8.42. The molecular weight excluding hydrogens is 238 g/mol. The average Bonchev–Trinajstić information content (AvgIpc) is 2.73. The summed E-state index contributed by atoms with van der Waals surface area (Å²) in [7, 11) is 1.66. The van der Waals surface area contributed by atoms with Gasteiger partial charge in [0.05, 0.1) is 12.6 Å². The van der Waals surface area contributed by atoms with Gasteiger partial charge in [-0.15, -0.1) is 10.2 Å². The third kappa shape index (κ3) is 2.48. The van der Waals surface area contributed by atoms with Crippen LogP contribution in [0.4, 0.5) is 0 Å². The van der Waals surface area contributed by atoms with Gasteiger partial charge in [-0.05, 0) is 18.5 Å². The predicted octanol–water partition coefficient (Wildman–Crippen LogP) is 2.81. The van der Waals surface area contributed by atoms with Gasteiger partial charge in [0.2, 0.25) is 5.28 Å². The fourth-order valence-corrected chi connectivity index (χ4v) is 2.05. The van der Waals surface area contributed by atoms with Crippen LogP contribution in [0.2, 0.25) is 5.28 Å². The van der Waals surface area contributed by atoms with Crippen molar-refractivity contribution in [3.63, 3.8) is 0 Å². The third-order valence-corrected chi connectivity index (χ3v) is 2.79. The SMILES string of the molecule is COCC(C)n1c(Cl)nnc1-c1ccccc1. The van der Waals surface area contributed by atoms with E-state index in [9.17, 15) is 0 Å². The van der Waals surface area contributed by atoms with E-state index in [-0.39, 0.29) is 6.04 Å². The average molecular weight is 252 g/mol. The van der Waals surface area contributed by atoms with Gasteiger partial charge >= 0.3 is 0 Å². The molecule has 0 aliphatic heterocycles. The second kappa shape index (κ2) is 5.29. The molecule has 0 saturated carbocycles. The van der Waals surface area contributed by atoms with Crippen molar-refractivity contribution in [2.75, 3.05) is 13.7 Å². The molecule has 2 aromatic rings. The Morgan fingerprint density at radius 1 is 1.29 bits per heavy atom. The zero-order chi connectivity index (χ0) is 12.3. The molecule has 0 saturated heterocycles. The first kappa shape index (κ1) is 12.1. The topological polar surface area (TPSA) is 39.9 Å². The smallest absolute Gasteiger partial charge is 0.225 e. The van der Waals surface area contributed by atoms with Crippen LogP contribution in [0.5, 0.6) is 0 Å². The molecule has 0 radical (unpaired) electrons. The normalized spacial score (nSPS) is 12.6. The molecule has 90 valence electrons. The van der Waals surface area contributed by atoms with E-state index in [1.54, 1.807) is 7.11 Å². The molecule has 1 unspecified atom stereocenters. The van der Waals surface area contributed by atoms with Gasteiger partial charge in [0, 0.05) is 12.7 Å². The van der Waals surface area contributed by atoms with Crippen LogP contribution in [0, 0.1) is 0 Å². The highest BCUT2D eigenvalue weighted by atomic mass is 35.5. The molecule has 1 heterocycles. The summed E-state index contributed by atoms with van der Waals surface area (Å²) in [4.78, 5) is 0. The fourth-order valence-electron chi connectivity index (χ4n) is 1.76. The number of aromatic nitrogens is 3. The molecule has 1 aromatic carbocycles. The maximum atomic E-state index is 6.06. The number of ether oxygens (including phenoxy) is 1. The number of rotatable bonds is 4. The molecule has 2 rings (SSSR count). The second-order valence-corrected chi connectivity index (χ2v) is 4.17. The summed E-state index contributed by atoms with van der Waals surface area (Å²) in [5.74, 6) is 0.764. The van der Waals surface area contributed by atoms with Gasteiger partial charge in [-0.25, -0.2) is 0 Å². The Kier molecular flexibility index (Phi) is 3.76. The van der Waals surface area contributed by atoms with E-state index in [0.29, 0.717) is 11.9 Å². The molecule has 4 nitrogen and oxygen atoms in total. The van der Waals surface area contributed by atoms with Gasteiger partial charge in [0.25, 0.3) is 0 Å². The number of hydrogen-bond donors (Lipinski definition) is 0. The Hall–Kier alpha value is -1.39. The van der Waals surface area contributed by atoms with Gasteiger partial charge in [-0.1, -0.05) is 30.3 Å². The Morgan fingerprint density at radius 3 is 2.65 bits per heavy atom. The van der Waals surface area contributed by atoms with E-state index in [0.717, 1.165) is 11.4 Å². The van der Waals surface area contributed by atoms with Crippen molar-refractivity contribution < 1.29 is 4.74 Å². The first-order valence-electron chi connectivity index (χ1n) is 5.38. The minimum atomic E-state index is 0.0951. The first-order chi connectivity index (χ1) is 8.24. The molecule has 0 spiro atoms. The van der Waals surface area contributed by atoms with Crippen molar-refractivity contribution in [1.29, 1.82) is 0 Å². The summed E-state index contributed by atoms with van der Waals surface area (Å²) in [6.07, 6.45) is 0. The van der Waals surface area contributed by atoms with Crippen LogP contribution >= 0.6 is 11.6 Å². The molecule has 0 bridgehead atoms. The lowest BCUT2D eigenvalue weighted by Crippen LogP contribution is -2.12. The number of methoxy groups -OCH3 is 1. The molecule has 0 N–H and O–H groups in total. The van der Waals surface area contributed by atoms with E-state index < -0.39 is 0 Å². The van der Waals surface area contributed by atoms with Crippen molar-refractivity contribution in [3.05, 3.63) is 35.6 Å². The zero-order valence-corrected chi connectivity index (χ0v) is 10.6. The summed E-state index contributed by atoms with van der Waals surface area (Å²) in [5.41, 5.74) is 0.995. The van der Waals surface area contributed by atoms with E-state index in [1.807, 2.05) is 41.8 Å². The molecule has 0 fully saturated rings. The van der Waals surface area contributed by atoms with Crippen molar-refractivity contribution in [2.24, 2.45) is 0 Å². The summed E-state index contributed by atoms with van der Waals surface area (Å²) in [6.45, 7) is 2.59. The quantitative estimate of drug-likeness (QED) is 0.839. The highest BCUT2D eigenvalue weighted by molar-refractivity contribution is 6.28. The Bertz CT molecular complexity index is 484. The van der Waals surface area contributed by atoms with Crippen LogP contribution < -0.4 is 0 Å². The van der Waals surface area contributed by atoms with Crippen LogP contribution in [0.3, 0.4) is 0 Å². The third-order valence-electron chi connectivity index (χ3n) is 2.53. The molecule has 0 aliphatic rings. The standard InChI is InChI=1S/C12H14ClN3O/c1-9(8-17-2)16-11(14-15-12(16)13)10-6-4-3-5-7-10/h3-7,9H,8H2,1-2H3. The molecular formula is C12H14ClN3O. The maximum absolute atomic E-state index is 6.06. The lowest BCUT2D eigenvalue weighted by molar-refractivity contribution is 0.163. The molecule has 0 aliphatic carbocycles. The molecule has 1 atom stereocenters. The van der Waals surface area contributed by atoms with E-state index in [2.05, 4.69) is 10.2 Å². The fraction of sp³-hybridized carbons (Fsp3) is 0.333. The number of halogens is 1. The van der Waals surface area contributed by atoms with Crippen LogP contribution in [-0.2, 0) is 4.74 Å². The Morgan fingerprint density at radius 2 is 2.00 bits per heavy atom. The number of hydrogen-bond acceptors (Lipinski definition) is 3. The minimum Gasteiger partial charge on any atom is -0.383 e. The molecule has 17 heavy (non-hydrogen) atoms. The van der Waals surface area contributed by atoms with Crippen LogP contribution in [0.15, 0.2) is 30.3 Å². The van der Waals surface area contributed by atoms with Gasteiger partial charge < -0.3 is 4.74 Å². The molecule has 0 amide bonds. The number of benzene rings is 1. The number of nitrogens with zero attached hydrogens (tertiary/aromatic N) is 3. The van der Waals surface area contributed by atoms with Crippen LogP contribution in [-0.4, -0.2) is 28.5 Å². The van der Waals surface area contributed by atoms with Crippen molar-refractivity contribution >= 4 is 11.6 Å². The zero-order valence-electron chi connectivity index (χ0n) is 9.80. The maximum Gasteiger partial charge on any atom is 0.225 e. The van der Waals surface area contributed by atoms with Crippen molar-refractivity contribution in [2.45, 2.75) is 13.0 Å². The van der Waals surface area contributed by atoms with Gasteiger partial charge in [0.15, 0.2) is 5.82 Å². The summed E-state index contributed by atoms with van der Waals surface area (Å²) in [6, 6.07) is 9.95. The lowest BCUT2D eigenvalue weighted by atomic mass is 10.2. The summed E-state index contributed by atoms with van der Waals surface area (Å²) >= 11 is 6.06. The van der Waals surface area contributed by atoms with Crippen LogP contribution in [0.25, 0.3) is 11.4 Å². The van der Waals surface area contributed by atoms with Gasteiger partial charge in [0.1, 0.15) is 0 Å². The lowest BCUT2D eigenvalue weighted by Gasteiger charge is -2.15. The highest BCUT2D eigenvalue weighted by Gasteiger charge is 2.16. The Labute approximate surface area is 105 Å². The predicted molar refractivity (Wildman–Crippen MR) is 67.1 cm³/mol. The van der Waals surface area contributed by atoms with Crippen molar-refractivity contribution in [3.8, 4) is 11.4 Å². The largest absolute Gasteiger partial charge is 0.383 e. The van der Waals surface area contributed by atoms with Crippen molar-refractivity contribution in [1.82, 2.24) is 14.8 Å². The van der Waals surface area contributed by atoms with Crippen LogP contribution in [0.1, 0.15) is 13.0 Å². The Balaban J connectivity index is 2.42. The first-order valence-corrected chi connectivity index (χ1v) is 5.76. The molecule has 5 heteroatoms. The minimum absolute atomic E-state index is 0.0951.